The molecule has 0 atom stereocenters. The number of likely N-dealkylation sites (tertiary alicyclic amines) is 1. The molecule has 0 saturated carbocycles. The predicted octanol–water partition coefficient (Wildman–Crippen LogP) is 3.20. The number of amides is 1. The largest absolute Gasteiger partial charge is 0.481 e. The lowest BCUT2D eigenvalue weighted by Gasteiger charge is -2.17. The first-order valence-electron chi connectivity index (χ1n) is 6.40. The fourth-order valence-electron chi connectivity index (χ4n) is 2.14. The van der Waals surface area contributed by atoms with Gasteiger partial charge in [0.15, 0.2) is 18.1 Å². The molecule has 1 aromatic carbocycles. The van der Waals surface area contributed by atoms with Gasteiger partial charge in [0.25, 0.3) is 5.91 Å². The Morgan fingerprint density at radius 3 is 2.50 bits per heavy atom. The molecule has 4 nitrogen and oxygen atoms in total. The number of carbonyl (C=O) groups excluding carboxylic acids is 2. The summed E-state index contributed by atoms with van der Waals surface area (Å²) < 4.78 is 5.46. The average molecular weight is 316 g/mol. The van der Waals surface area contributed by atoms with Crippen LogP contribution in [0.5, 0.6) is 5.75 Å². The third kappa shape index (κ3) is 3.25. The predicted molar refractivity (Wildman–Crippen MR) is 77.8 cm³/mol. The van der Waals surface area contributed by atoms with Crippen molar-refractivity contribution in [3.05, 3.63) is 27.7 Å². The summed E-state index contributed by atoms with van der Waals surface area (Å²) in [5, 5.41) is 0.453. The van der Waals surface area contributed by atoms with Crippen molar-refractivity contribution >= 4 is 34.9 Å². The molecule has 1 heterocycles. The molecule has 2 rings (SSSR count). The number of hydrogen-bond acceptors (Lipinski definition) is 3. The zero-order valence-corrected chi connectivity index (χ0v) is 12.6. The minimum absolute atomic E-state index is 0.104. The second-order valence-corrected chi connectivity index (χ2v) is 5.46. The van der Waals surface area contributed by atoms with E-state index in [1.807, 2.05) is 0 Å². The summed E-state index contributed by atoms with van der Waals surface area (Å²) in [7, 11) is 0. The lowest BCUT2D eigenvalue weighted by Crippen LogP contribution is -2.32. The van der Waals surface area contributed by atoms with Gasteiger partial charge in [-0.3, -0.25) is 9.59 Å². The first-order valence-corrected chi connectivity index (χ1v) is 7.16. The quantitative estimate of drug-likeness (QED) is 0.802. The molecule has 0 unspecified atom stereocenters. The molecule has 108 valence electrons. The zero-order valence-electron chi connectivity index (χ0n) is 11.1. The van der Waals surface area contributed by atoms with E-state index in [0.29, 0.717) is 10.6 Å². The maximum absolute atomic E-state index is 11.9. The van der Waals surface area contributed by atoms with E-state index in [0.717, 1.165) is 25.9 Å². The molecule has 0 spiro atoms. The van der Waals surface area contributed by atoms with Crippen LogP contribution in [0.25, 0.3) is 0 Å². The van der Waals surface area contributed by atoms with E-state index in [4.69, 9.17) is 27.9 Å². The number of hydrogen-bond donors (Lipinski definition) is 0. The standard InChI is InChI=1S/C14H15Cl2NO3/c1-9(18)10-4-5-11(15)13(16)14(10)20-8-12(19)17-6-2-3-7-17/h4-5H,2-3,6-8H2,1H3. The van der Waals surface area contributed by atoms with Crippen LogP contribution in [0.1, 0.15) is 30.1 Å². The monoisotopic (exact) mass is 315 g/mol. The van der Waals surface area contributed by atoms with E-state index in [2.05, 4.69) is 0 Å². The molecule has 0 aromatic heterocycles. The molecule has 0 bridgehead atoms. The van der Waals surface area contributed by atoms with Gasteiger partial charge in [0.05, 0.1) is 10.6 Å². The lowest BCUT2D eigenvalue weighted by molar-refractivity contribution is -0.132. The van der Waals surface area contributed by atoms with Gasteiger partial charge >= 0.3 is 0 Å². The Balaban J connectivity index is 2.13. The van der Waals surface area contributed by atoms with Crippen LogP contribution in [-0.2, 0) is 4.79 Å². The maximum atomic E-state index is 11.9. The Hall–Kier alpha value is -1.26. The molecule has 0 N–H and O–H groups in total. The normalized spacial score (nSPS) is 14.4. The Kier molecular flexibility index (Phi) is 4.89. The molecular formula is C14H15Cl2NO3. The molecule has 1 aliphatic heterocycles. The maximum Gasteiger partial charge on any atom is 0.260 e. The lowest BCUT2D eigenvalue weighted by atomic mass is 10.1. The van der Waals surface area contributed by atoms with Crippen LogP contribution in [0.2, 0.25) is 10.0 Å². The van der Waals surface area contributed by atoms with E-state index in [1.165, 1.54) is 13.0 Å². The minimum atomic E-state index is -0.188. The molecule has 1 saturated heterocycles. The minimum Gasteiger partial charge on any atom is -0.481 e. The first kappa shape index (κ1) is 15.1. The molecule has 20 heavy (non-hydrogen) atoms. The molecular weight excluding hydrogens is 301 g/mol. The number of ether oxygens (including phenoxy) is 1. The van der Waals surface area contributed by atoms with Crippen LogP contribution in [-0.4, -0.2) is 36.3 Å². The average Bonchev–Trinajstić information content (AvgIpc) is 2.93. The number of rotatable bonds is 4. The number of halogens is 2. The van der Waals surface area contributed by atoms with Crippen molar-refractivity contribution in [1.29, 1.82) is 0 Å². The highest BCUT2D eigenvalue weighted by Crippen LogP contribution is 2.35. The van der Waals surface area contributed by atoms with Gasteiger partial charge in [-0.1, -0.05) is 23.2 Å². The summed E-state index contributed by atoms with van der Waals surface area (Å²) in [4.78, 5) is 25.2. The van der Waals surface area contributed by atoms with E-state index < -0.39 is 0 Å². The summed E-state index contributed by atoms with van der Waals surface area (Å²) in [6.07, 6.45) is 2.03. The fourth-order valence-corrected chi connectivity index (χ4v) is 2.51. The van der Waals surface area contributed by atoms with Crippen molar-refractivity contribution in [3.8, 4) is 5.75 Å². The van der Waals surface area contributed by atoms with Crippen LogP contribution in [0, 0.1) is 0 Å². The second-order valence-electron chi connectivity index (χ2n) is 4.67. The number of ketones is 1. The van der Waals surface area contributed by atoms with E-state index in [1.54, 1.807) is 11.0 Å². The summed E-state index contributed by atoms with van der Waals surface area (Å²) in [5.41, 5.74) is 0.327. The van der Waals surface area contributed by atoms with Gasteiger partial charge in [0.2, 0.25) is 0 Å². The van der Waals surface area contributed by atoms with E-state index in [-0.39, 0.29) is 29.1 Å². The third-order valence-corrected chi connectivity index (χ3v) is 4.01. The van der Waals surface area contributed by atoms with Gasteiger partial charge in [-0.15, -0.1) is 0 Å². The third-order valence-electron chi connectivity index (χ3n) is 3.23. The number of nitrogens with zero attached hydrogens (tertiary/aromatic N) is 1. The zero-order chi connectivity index (χ0) is 14.7. The van der Waals surface area contributed by atoms with Gasteiger partial charge in [0, 0.05) is 13.1 Å². The summed E-state index contributed by atoms with van der Waals surface area (Å²) in [6, 6.07) is 3.09. The Bertz CT molecular complexity index is 539. The smallest absolute Gasteiger partial charge is 0.260 e. The Morgan fingerprint density at radius 1 is 1.25 bits per heavy atom. The Labute approximate surface area is 127 Å². The van der Waals surface area contributed by atoms with Crippen LogP contribution in [0.15, 0.2) is 12.1 Å². The molecule has 1 aliphatic rings. The van der Waals surface area contributed by atoms with Crippen LogP contribution >= 0.6 is 23.2 Å². The molecule has 6 heteroatoms. The number of Topliss-reactive ketones (excluding diaryl/α,β-unsaturated/α-hetero) is 1. The van der Waals surface area contributed by atoms with E-state index in [9.17, 15) is 9.59 Å². The molecule has 1 fully saturated rings. The van der Waals surface area contributed by atoms with Crippen molar-refractivity contribution in [3.63, 3.8) is 0 Å². The highest BCUT2D eigenvalue weighted by Gasteiger charge is 2.21. The molecule has 0 radical (unpaired) electrons. The molecule has 1 amide bonds. The van der Waals surface area contributed by atoms with Gasteiger partial charge in [0.1, 0.15) is 5.02 Å². The van der Waals surface area contributed by atoms with Crippen LogP contribution in [0.3, 0.4) is 0 Å². The van der Waals surface area contributed by atoms with Crippen molar-refractivity contribution in [2.75, 3.05) is 19.7 Å². The van der Waals surface area contributed by atoms with Gasteiger partial charge in [-0.2, -0.15) is 0 Å². The highest BCUT2D eigenvalue weighted by molar-refractivity contribution is 6.43. The summed E-state index contributed by atoms with van der Waals surface area (Å²) in [5.74, 6) is -0.112. The fraction of sp³-hybridized carbons (Fsp3) is 0.429. The van der Waals surface area contributed by atoms with Crippen molar-refractivity contribution in [2.45, 2.75) is 19.8 Å². The summed E-state index contributed by atoms with van der Waals surface area (Å²) in [6.45, 7) is 2.78. The number of benzene rings is 1. The first-order chi connectivity index (χ1) is 9.50. The van der Waals surface area contributed by atoms with Gasteiger partial charge < -0.3 is 9.64 Å². The second kappa shape index (κ2) is 6.46. The number of carbonyl (C=O) groups is 2. The SMILES string of the molecule is CC(=O)c1ccc(Cl)c(Cl)c1OCC(=O)N1CCCC1. The Morgan fingerprint density at radius 2 is 1.90 bits per heavy atom. The van der Waals surface area contributed by atoms with Crippen molar-refractivity contribution in [1.82, 2.24) is 4.90 Å². The topological polar surface area (TPSA) is 46.6 Å². The van der Waals surface area contributed by atoms with Crippen molar-refractivity contribution < 1.29 is 14.3 Å². The van der Waals surface area contributed by atoms with E-state index >= 15 is 0 Å². The van der Waals surface area contributed by atoms with Crippen LogP contribution < -0.4 is 4.74 Å². The molecule has 0 aliphatic carbocycles. The van der Waals surface area contributed by atoms with Crippen LogP contribution in [0.4, 0.5) is 0 Å². The molecule has 1 aromatic rings. The summed E-state index contributed by atoms with van der Waals surface area (Å²) >= 11 is 12.0. The van der Waals surface area contributed by atoms with Gasteiger partial charge in [-0.25, -0.2) is 0 Å². The van der Waals surface area contributed by atoms with Crippen molar-refractivity contribution in [2.24, 2.45) is 0 Å². The van der Waals surface area contributed by atoms with Gasteiger partial charge in [-0.05, 0) is 31.9 Å². The highest BCUT2D eigenvalue weighted by atomic mass is 35.5.